The number of carbonyl (C=O) groups is 1. The lowest BCUT2D eigenvalue weighted by atomic mass is 10.0. The molecule has 1 aromatic carbocycles. The molecule has 3 rings (SSSR count). The molecule has 0 saturated carbocycles. The molecule has 0 aromatic heterocycles. The first-order valence-electron chi connectivity index (χ1n) is 7.43. The summed E-state index contributed by atoms with van der Waals surface area (Å²) in [5, 5.41) is 0. The van der Waals surface area contributed by atoms with Crippen molar-refractivity contribution in [1.29, 1.82) is 0 Å². The third-order valence-corrected chi connectivity index (χ3v) is 5.15. The molecule has 108 valence electrons. The Bertz CT molecular complexity index is 505. The van der Waals surface area contributed by atoms with E-state index in [0.29, 0.717) is 12.1 Å². The lowest BCUT2D eigenvalue weighted by Gasteiger charge is -2.33. The molecule has 2 atom stereocenters. The Kier molecular flexibility index (Phi) is 4.13. The van der Waals surface area contributed by atoms with Crippen LogP contribution in [0.4, 0.5) is 0 Å². The Hall–Kier alpha value is -0.870. The number of hydrogen-bond acceptors (Lipinski definition) is 2. The fourth-order valence-electron chi connectivity index (χ4n) is 3.65. The van der Waals surface area contributed by atoms with E-state index < -0.39 is 0 Å². The van der Waals surface area contributed by atoms with Crippen LogP contribution in [-0.2, 0) is 0 Å². The van der Waals surface area contributed by atoms with Crippen molar-refractivity contribution in [2.24, 2.45) is 0 Å². The predicted molar refractivity (Wildman–Crippen MR) is 83.9 cm³/mol. The predicted octanol–water partition coefficient (Wildman–Crippen LogP) is 3.15. The van der Waals surface area contributed by atoms with Crippen molar-refractivity contribution in [3.05, 3.63) is 34.3 Å². The van der Waals surface area contributed by atoms with Crippen molar-refractivity contribution in [2.45, 2.75) is 37.8 Å². The molecular formula is C16H21BrN2O. The van der Waals surface area contributed by atoms with Crippen LogP contribution in [0.3, 0.4) is 0 Å². The minimum Gasteiger partial charge on any atom is -0.334 e. The van der Waals surface area contributed by atoms with Gasteiger partial charge in [0.25, 0.3) is 5.91 Å². The normalized spacial score (nSPS) is 27.2. The van der Waals surface area contributed by atoms with Crippen LogP contribution in [0, 0.1) is 0 Å². The second-order valence-electron chi connectivity index (χ2n) is 5.91. The molecule has 4 heteroatoms. The molecule has 2 saturated heterocycles. The van der Waals surface area contributed by atoms with Gasteiger partial charge in [-0.15, -0.1) is 0 Å². The second-order valence-corrected chi connectivity index (χ2v) is 6.82. The maximum Gasteiger partial charge on any atom is 0.254 e. The van der Waals surface area contributed by atoms with Crippen LogP contribution in [-0.4, -0.2) is 47.9 Å². The van der Waals surface area contributed by atoms with E-state index in [-0.39, 0.29) is 5.91 Å². The standard InChI is InChI=1S/C16H21BrN2O/c1-18-9-3-7-14(18)15-8-4-10-19(15)16(20)12-5-2-6-13(17)11-12/h2,5-6,11,14-15H,3-4,7-10H2,1H3/t14-,15-/m1/s1. The van der Waals surface area contributed by atoms with Gasteiger partial charge in [0.2, 0.25) is 0 Å². The summed E-state index contributed by atoms with van der Waals surface area (Å²) in [4.78, 5) is 17.3. The van der Waals surface area contributed by atoms with E-state index in [4.69, 9.17) is 0 Å². The molecule has 2 fully saturated rings. The number of likely N-dealkylation sites (N-methyl/N-ethyl adjacent to an activating group) is 1. The zero-order chi connectivity index (χ0) is 14.1. The highest BCUT2D eigenvalue weighted by atomic mass is 79.9. The van der Waals surface area contributed by atoms with Gasteiger partial charge in [-0.3, -0.25) is 4.79 Å². The average molecular weight is 337 g/mol. The number of hydrogen-bond donors (Lipinski definition) is 0. The summed E-state index contributed by atoms with van der Waals surface area (Å²) in [5.74, 6) is 0.189. The first-order chi connectivity index (χ1) is 9.66. The highest BCUT2D eigenvalue weighted by Gasteiger charge is 2.38. The van der Waals surface area contributed by atoms with Crippen molar-refractivity contribution in [1.82, 2.24) is 9.80 Å². The number of amides is 1. The number of halogens is 1. The van der Waals surface area contributed by atoms with Crippen LogP contribution in [0.5, 0.6) is 0 Å². The second kappa shape index (κ2) is 5.86. The minimum absolute atomic E-state index is 0.189. The Morgan fingerprint density at radius 3 is 2.65 bits per heavy atom. The van der Waals surface area contributed by atoms with Crippen molar-refractivity contribution in [3.63, 3.8) is 0 Å². The van der Waals surface area contributed by atoms with Crippen LogP contribution < -0.4 is 0 Å². The monoisotopic (exact) mass is 336 g/mol. The zero-order valence-corrected chi connectivity index (χ0v) is 13.5. The lowest BCUT2D eigenvalue weighted by Crippen LogP contribution is -2.47. The highest BCUT2D eigenvalue weighted by Crippen LogP contribution is 2.30. The average Bonchev–Trinajstić information content (AvgIpc) is 3.06. The van der Waals surface area contributed by atoms with E-state index in [1.165, 1.54) is 19.4 Å². The first kappa shape index (κ1) is 14.1. The zero-order valence-electron chi connectivity index (χ0n) is 11.9. The summed E-state index contributed by atoms with van der Waals surface area (Å²) in [6, 6.07) is 8.69. The van der Waals surface area contributed by atoms with Gasteiger partial charge in [-0.2, -0.15) is 0 Å². The molecule has 2 heterocycles. The van der Waals surface area contributed by atoms with Gasteiger partial charge in [0.05, 0.1) is 0 Å². The molecule has 0 radical (unpaired) electrons. The van der Waals surface area contributed by atoms with E-state index in [1.54, 1.807) is 0 Å². The van der Waals surface area contributed by atoms with Gasteiger partial charge in [0.1, 0.15) is 0 Å². The molecule has 0 bridgehead atoms. The number of benzene rings is 1. The SMILES string of the molecule is CN1CCC[C@@H]1[C@H]1CCCN1C(=O)c1cccc(Br)c1. The minimum atomic E-state index is 0.189. The van der Waals surface area contributed by atoms with Gasteiger partial charge in [-0.05, 0) is 57.5 Å². The Labute approximate surface area is 129 Å². The van der Waals surface area contributed by atoms with Crippen LogP contribution >= 0.6 is 15.9 Å². The van der Waals surface area contributed by atoms with Crippen molar-refractivity contribution < 1.29 is 4.79 Å². The first-order valence-corrected chi connectivity index (χ1v) is 8.23. The Morgan fingerprint density at radius 1 is 1.20 bits per heavy atom. The summed E-state index contributed by atoms with van der Waals surface area (Å²) in [5.41, 5.74) is 0.798. The number of rotatable bonds is 2. The van der Waals surface area contributed by atoms with Gasteiger partial charge in [-0.1, -0.05) is 22.0 Å². The highest BCUT2D eigenvalue weighted by molar-refractivity contribution is 9.10. The number of likely N-dealkylation sites (tertiary alicyclic amines) is 2. The maximum atomic E-state index is 12.8. The summed E-state index contributed by atoms with van der Waals surface area (Å²) < 4.78 is 0.970. The molecule has 20 heavy (non-hydrogen) atoms. The van der Waals surface area contributed by atoms with E-state index >= 15 is 0 Å². The molecule has 2 aliphatic heterocycles. The van der Waals surface area contributed by atoms with Gasteiger partial charge in [0, 0.05) is 28.7 Å². The smallest absolute Gasteiger partial charge is 0.254 e. The van der Waals surface area contributed by atoms with Gasteiger partial charge in [0.15, 0.2) is 0 Å². The summed E-state index contributed by atoms with van der Waals surface area (Å²) >= 11 is 3.45. The van der Waals surface area contributed by atoms with Crippen LogP contribution in [0.2, 0.25) is 0 Å². The lowest BCUT2D eigenvalue weighted by molar-refractivity contribution is 0.0664. The fourth-order valence-corrected chi connectivity index (χ4v) is 4.05. The van der Waals surface area contributed by atoms with E-state index in [1.807, 2.05) is 24.3 Å². The summed E-state index contributed by atoms with van der Waals surface area (Å²) in [6.45, 7) is 2.07. The van der Waals surface area contributed by atoms with Crippen LogP contribution in [0.25, 0.3) is 0 Å². The molecule has 3 nitrogen and oxygen atoms in total. The van der Waals surface area contributed by atoms with Crippen LogP contribution in [0.15, 0.2) is 28.7 Å². The molecule has 0 aliphatic carbocycles. The molecule has 1 aromatic rings. The molecular weight excluding hydrogens is 316 g/mol. The Balaban J connectivity index is 1.79. The van der Waals surface area contributed by atoms with Gasteiger partial charge < -0.3 is 9.80 Å². The topological polar surface area (TPSA) is 23.6 Å². The third-order valence-electron chi connectivity index (χ3n) is 4.65. The molecule has 0 N–H and O–H groups in total. The Morgan fingerprint density at radius 2 is 1.95 bits per heavy atom. The molecule has 2 aliphatic rings. The number of carbonyl (C=O) groups excluding carboxylic acids is 1. The third kappa shape index (κ3) is 2.63. The molecule has 1 amide bonds. The van der Waals surface area contributed by atoms with Crippen molar-refractivity contribution >= 4 is 21.8 Å². The van der Waals surface area contributed by atoms with E-state index in [0.717, 1.165) is 29.4 Å². The largest absolute Gasteiger partial charge is 0.334 e. The van der Waals surface area contributed by atoms with Gasteiger partial charge >= 0.3 is 0 Å². The summed E-state index contributed by atoms with van der Waals surface area (Å²) in [7, 11) is 2.19. The van der Waals surface area contributed by atoms with Crippen LogP contribution in [0.1, 0.15) is 36.0 Å². The molecule has 0 unspecified atom stereocenters. The summed E-state index contributed by atoms with van der Waals surface area (Å²) in [6.07, 6.45) is 4.77. The van der Waals surface area contributed by atoms with Crippen molar-refractivity contribution in [3.8, 4) is 0 Å². The fraction of sp³-hybridized carbons (Fsp3) is 0.562. The number of nitrogens with zero attached hydrogens (tertiary/aromatic N) is 2. The van der Waals surface area contributed by atoms with Gasteiger partial charge in [-0.25, -0.2) is 0 Å². The maximum absolute atomic E-state index is 12.8. The molecule has 0 spiro atoms. The van der Waals surface area contributed by atoms with E-state index in [9.17, 15) is 4.79 Å². The van der Waals surface area contributed by atoms with E-state index in [2.05, 4.69) is 32.8 Å². The quantitative estimate of drug-likeness (QED) is 0.828. The van der Waals surface area contributed by atoms with Crippen molar-refractivity contribution in [2.75, 3.05) is 20.1 Å².